The van der Waals surface area contributed by atoms with Crippen molar-refractivity contribution in [3.63, 3.8) is 0 Å². The Labute approximate surface area is 105 Å². The van der Waals surface area contributed by atoms with Crippen LogP contribution in [0.5, 0.6) is 0 Å². The fourth-order valence-electron chi connectivity index (χ4n) is 1.84. The van der Waals surface area contributed by atoms with Gasteiger partial charge in [0.25, 0.3) is 0 Å². The van der Waals surface area contributed by atoms with E-state index in [4.69, 9.17) is 16.3 Å². The van der Waals surface area contributed by atoms with E-state index in [9.17, 15) is 5.11 Å². The van der Waals surface area contributed by atoms with Crippen LogP contribution in [0.15, 0.2) is 6.33 Å². The molecular formula is C11H16ClN3O2. The minimum atomic E-state index is -0.803. The lowest BCUT2D eigenvalue weighted by Crippen LogP contribution is -2.37. The maximum Gasteiger partial charge on any atom is 0.137 e. The molecule has 2 N–H and O–H groups in total. The number of aliphatic hydroxyl groups is 1. The number of ether oxygens (including phenoxy) is 1. The van der Waals surface area contributed by atoms with Crippen molar-refractivity contribution in [2.24, 2.45) is 0 Å². The Kier molecular flexibility index (Phi) is 3.81. The third-order valence-electron chi connectivity index (χ3n) is 2.91. The van der Waals surface area contributed by atoms with Gasteiger partial charge in [0.1, 0.15) is 22.9 Å². The van der Waals surface area contributed by atoms with E-state index in [-0.39, 0.29) is 0 Å². The maximum atomic E-state index is 10.1. The standard InChI is InChI=1S/C11H16ClN3O2/c1-2-8-9(12)14-7-15-10(8)13-5-11(16)3-4-17-6-11/h7,16H,2-6H2,1H3,(H,13,14,15). The van der Waals surface area contributed by atoms with Crippen molar-refractivity contribution in [2.45, 2.75) is 25.4 Å². The van der Waals surface area contributed by atoms with Gasteiger partial charge in [-0.05, 0) is 6.42 Å². The molecule has 1 fully saturated rings. The van der Waals surface area contributed by atoms with E-state index in [2.05, 4.69) is 15.3 Å². The summed E-state index contributed by atoms with van der Waals surface area (Å²) in [6, 6.07) is 0. The predicted molar refractivity (Wildman–Crippen MR) is 65.3 cm³/mol. The molecule has 5 nitrogen and oxygen atoms in total. The normalized spacial score (nSPS) is 23.9. The van der Waals surface area contributed by atoms with Crippen molar-refractivity contribution in [1.82, 2.24) is 9.97 Å². The third-order valence-corrected chi connectivity index (χ3v) is 3.24. The molecule has 1 aromatic rings. The van der Waals surface area contributed by atoms with Gasteiger partial charge in [0.05, 0.1) is 6.61 Å². The molecule has 2 heterocycles. The lowest BCUT2D eigenvalue weighted by atomic mass is 10.0. The molecule has 1 aliphatic heterocycles. The van der Waals surface area contributed by atoms with E-state index in [1.54, 1.807) is 0 Å². The highest BCUT2D eigenvalue weighted by Crippen LogP contribution is 2.23. The molecule has 94 valence electrons. The van der Waals surface area contributed by atoms with Crippen LogP contribution >= 0.6 is 11.6 Å². The van der Waals surface area contributed by atoms with Crippen LogP contribution in [0.3, 0.4) is 0 Å². The smallest absolute Gasteiger partial charge is 0.137 e. The van der Waals surface area contributed by atoms with Crippen LogP contribution in [-0.4, -0.2) is 40.4 Å². The monoisotopic (exact) mass is 257 g/mol. The number of nitrogens with zero attached hydrogens (tertiary/aromatic N) is 2. The first-order valence-electron chi connectivity index (χ1n) is 5.68. The summed E-state index contributed by atoms with van der Waals surface area (Å²) >= 11 is 5.98. The highest BCUT2D eigenvalue weighted by atomic mass is 35.5. The van der Waals surface area contributed by atoms with Crippen LogP contribution in [0.25, 0.3) is 0 Å². The van der Waals surface area contributed by atoms with Crippen LogP contribution in [0, 0.1) is 0 Å². The van der Waals surface area contributed by atoms with Gasteiger partial charge in [-0.2, -0.15) is 0 Å². The zero-order valence-electron chi connectivity index (χ0n) is 9.74. The molecule has 2 rings (SSSR count). The molecule has 0 radical (unpaired) electrons. The summed E-state index contributed by atoms with van der Waals surface area (Å²) in [7, 11) is 0. The second-order valence-electron chi connectivity index (χ2n) is 4.23. The topological polar surface area (TPSA) is 67.3 Å². The molecule has 0 aliphatic carbocycles. The number of nitrogens with one attached hydrogen (secondary N) is 1. The van der Waals surface area contributed by atoms with E-state index >= 15 is 0 Å². The van der Waals surface area contributed by atoms with E-state index in [1.807, 2.05) is 6.92 Å². The molecule has 0 amide bonds. The number of hydrogen-bond donors (Lipinski definition) is 2. The minimum Gasteiger partial charge on any atom is -0.386 e. The average Bonchev–Trinajstić information content (AvgIpc) is 2.74. The number of halogens is 1. The summed E-state index contributed by atoms with van der Waals surface area (Å²) in [5, 5.41) is 13.7. The van der Waals surface area contributed by atoms with Crippen LogP contribution < -0.4 is 5.32 Å². The van der Waals surface area contributed by atoms with Crippen molar-refractivity contribution in [2.75, 3.05) is 25.1 Å². The first-order chi connectivity index (χ1) is 8.14. The fraction of sp³-hybridized carbons (Fsp3) is 0.636. The number of rotatable bonds is 4. The largest absolute Gasteiger partial charge is 0.386 e. The van der Waals surface area contributed by atoms with Gasteiger partial charge < -0.3 is 15.2 Å². The van der Waals surface area contributed by atoms with E-state index in [0.29, 0.717) is 37.2 Å². The average molecular weight is 258 g/mol. The second-order valence-corrected chi connectivity index (χ2v) is 4.58. The Bertz CT molecular complexity index is 394. The molecule has 0 bridgehead atoms. The SMILES string of the molecule is CCc1c(Cl)ncnc1NCC1(O)CCOC1. The van der Waals surface area contributed by atoms with Gasteiger partial charge in [0.15, 0.2) is 0 Å². The van der Waals surface area contributed by atoms with Gasteiger partial charge in [0.2, 0.25) is 0 Å². The summed E-state index contributed by atoms with van der Waals surface area (Å²) in [6.07, 6.45) is 2.80. The molecule has 1 aliphatic rings. The Morgan fingerprint density at radius 1 is 1.59 bits per heavy atom. The number of aromatic nitrogens is 2. The van der Waals surface area contributed by atoms with E-state index < -0.39 is 5.60 Å². The zero-order chi connectivity index (χ0) is 12.3. The molecule has 6 heteroatoms. The minimum absolute atomic E-state index is 0.361. The first kappa shape index (κ1) is 12.5. The summed E-state index contributed by atoms with van der Waals surface area (Å²) in [5.41, 5.74) is 0.0688. The fourth-order valence-corrected chi connectivity index (χ4v) is 2.11. The zero-order valence-corrected chi connectivity index (χ0v) is 10.5. The quantitative estimate of drug-likeness (QED) is 0.795. The molecule has 1 atom stereocenters. The Morgan fingerprint density at radius 2 is 2.41 bits per heavy atom. The van der Waals surface area contributed by atoms with E-state index in [0.717, 1.165) is 12.0 Å². The summed E-state index contributed by atoms with van der Waals surface area (Å²) < 4.78 is 5.18. The van der Waals surface area contributed by atoms with Gasteiger partial charge in [-0.1, -0.05) is 18.5 Å². The van der Waals surface area contributed by atoms with Crippen molar-refractivity contribution < 1.29 is 9.84 Å². The first-order valence-corrected chi connectivity index (χ1v) is 6.06. The highest BCUT2D eigenvalue weighted by Gasteiger charge is 2.32. The van der Waals surface area contributed by atoms with Crippen molar-refractivity contribution >= 4 is 17.4 Å². The Balaban J connectivity index is 2.06. The van der Waals surface area contributed by atoms with Gasteiger partial charge in [-0.25, -0.2) is 9.97 Å². The van der Waals surface area contributed by atoms with Crippen LogP contribution in [-0.2, 0) is 11.2 Å². The summed E-state index contributed by atoms with van der Waals surface area (Å²) in [5.74, 6) is 0.688. The van der Waals surface area contributed by atoms with Crippen molar-refractivity contribution in [3.05, 3.63) is 17.0 Å². The molecule has 1 saturated heterocycles. The van der Waals surface area contributed by atoms with Gasteiger partial charge >= 0.3 is 0 Å². The molecule has 1 unspecified atom stereocenters. The number of hydrogen-bond acceptors (Lipinski definition) is 5. The molecule has 17 heavy (non-hydrogen) atoms. The highest BCUT2D eigenvalue weighted by molar-refractivity contribution is 6.30. The molecule has 0 spiro atoms. The molecular weight excluding hydrogens is 242 g/mol. The number of anilines is 1. The second kappa shape index (κ2) is 5.16. The van der Waals surface area contributed by atoms with Gasteiger partial charge in [-0.3, -0.25) is 0 Å². The van der Waals surface area contributed by atoms with Crippen molar-refractivity contribution in [3.8, 4) is 0 Å². The lowest BCUT2D eigenvalue weighted by Gasteiger charge is -2.21. The summed E-state index contributed by atoms with van der Waals surface area (Å²) in [6.45, 7) is 3.36. The van der Waals surface area contributed by atoms with Crippen molar-refractivity contribution in [1.29, 1.82) is 0 Å². The van der Waals surface area contributed by atoms with Gasteiger partial charge in [0, 0.05) is 25.1 Å². The van der Waals surface area contributed by atoms with Crippen LogP contribution in [0.1, 0.15) is 18.9 Å². The van der Waals surface area contributed by atoms with E-state index in [1.165, 1.54) is 6.33 Å². The lowest BCUT2D eigenvalue weighted by molar-refractivity contribution is 0.0381. The Morgan fingerprint density at radius 3 is 3.06 bits per heavy atom. The predicted octanol–water partition coefficient (Wildman–Crippen LogP) is 1.26. The molecule has 1 aromatic heterocycles. The third kappa shape index (κ3) is 2.86. The molecule has 0 saturated carbocycles. The van der Waals surface area contributed by atoms with Gasteiger partial charge in [-0.15, -0.1) is 0 Å². The Hall–Kier alpha value is -0.910. The van der Waals surface area contributed by atoms with Crippen LogP contribution in [0.4, 0.5) is 5.82 Å². The van der Waals surface area contributed by atoms with Crippen LogP contribution in [0.2, 0.25) is 5.15 Å². The molecule has 0 aromatic carbocycles. The summed E-state index contributed by atoms with van der Waals surface area (Å²) in [4.78, 5) is 8.08. The maximum absolute atomic E-state index is 10.1.